The highest BCUT2D eigenvalue weighted by molar-refractivity contribution is 5.91. The number of hydrogen-bond acceptors (Lipinski definition) is 3. The van der Waals surface area contributed by atoms with Crippen molar-refractivity contribution in [3.8, 4) is 0 Å². The Labute approximate surface area is 319 Å². The molecular formula is C48H90O3. The van der Waals surface area contributed by atoms with Crippen molar-refractivity contribution in [1.29, 1.82) is 0 Å². The van der Waals surface area contributed by atoms with Crippen molar-refractivity contribution < 1.29 is 14.3 Å². The van der Waals surface area contributed by atoms with E-state index in [9.17, 15) is 9.59 Å². The SMILES string of the molecule is CCCCCCCCCCCCCCCCC1(C(=O)OC(=O)C2(CCCCCCCCCCCCCCCC)CCCCCC2)CCCCCC1. The van der Waals surface area contributed by atoms with Crippen molar-refractivity contribution in [2.45, 2.75) is 284 Å². The predicted molar refractivity (Wildman–Crippen MR) is 221 cm³/mol. The zero-order chi connectivity index (χ0) is 36.6. The van der Waals surface area contributed by atoms with Crippen molar-refractivity contribution in [2.75, 3.05) is 0 Å². The van der Waals surface area contributed by atoms with Gasteiger partial charge < -0.3 is 4.74 Å². The molecule has 0 aliphatic heterocycles. The zero-order valence-corrected chi connectivity index (χ0v) is 34.9. The van der Waals surface area contributed by atoms with Gasteiger partial charge >= 0.3 is 11.9 Å². The second-order valence-electron chi connectivity index (χ2n) is 17.8. The molecule has 0 saturated heterocycles. The number of rotatable bonds is 32. The molecular weight excluding hydrogens is 625 g/mol. The Morgan fingerprint density at radius 1 is 0.333 bits per heavy atom. The van der Waals surface area contributed by atoms with Crippen LogP contribution in [0, 0.1) is 10.8 Å². The molecule has 0 heterocycles. The van der Waals surface area contributed by atoms with Gasteiger partial charge in [-0.3, -0.25) is 9.59 Å². The average Bonchev–Trinajstić information content (AvgIpc) is 3.54. The first-order chi connectivity index (χ1) is 25.1. The van der Waals surface area contributed by atoms with E-state index in [0.717, 1.165) is 77.0 Å². The topological polar surface area (TPSA) is 43.4 Å². The summed E-state index contributed by atoms with van der Waals surface area (Å²) in [5.41, 5.74) is -0.853. The molecule has 0 spiro atoms. The minimum atomic E-state index is -0.426. The molecule has 0 aromatic heterocycles. The summed E-state index contributed by atoms with van der Waals surface area (Å²) in [7, 11) is 0. The number of carbonyl (C=O) groups is 2. The van der Waals surface area contributed by atoms with Gasteiger partial charge in [-0.05, 0) is 38.5 Å². The predicted octanol–water partition coefficient (Wildman–Crippen LogP) is 16.5. The van der Waals surface area contributed by atoms with Crippen LogP contribution in [0.25, 0.3) is 0 Å². The summed E-state index contributed by atoms with van der Waals surface area (Å²) < 4.78 is 6.11. The molecule has 51 heavy (non-hydrogen) atoms. The van der Waals surface area contributed by atoms with Gasteiger partial charge in [0.05, 0.1) is 10.8 Å². The average molecular weight is 715 g/mol. The van der Waals surface area contributed by atoms with E-state index in [1.165, 1.54) is 193 Å². The van der Waals surface area contributed by atoms with Crippen molar-refractivity contribution in [1.82, 2.24) is 0 Å². The maximum atomic E-state index is 14.1. The second kappa shape index (κ2) is 31.5. The van der Waals surface area contributed by atoms with Crippen LogP contribution in [-0.2, 0) is 14.3 Å². The Balaban J connectivity index is 1.72. The first kappa shape index (κ1) is 46.3. The fourth-order valence-electron chi connectivity index (χ4n) is 9.54. The van der Waals surface area contributed by atoms with Crippen LogP contribution >= 0.6 is 0 Å². The molecule has 2 aliphatic rings. The molecule has 0 bridgehead atoms. The monoisotopic (exact) mass is 715 g/mol. The van der Waals surface area contributed by atoms with Crippen LogP contribution in [0.1, 0.15) is 284 Å². The van der Waals surface area contributed by atoms with Crippen LogP contribution in [0.4, 0.5) is 0 Å². The van der Waals surface area contributed by atoms with Crippen molar-refractivity contribution >= 4 is 11.9 Å². The molecule has 2 rings (SSSR count). The van der Waals surface area contributed by atoms with E-state index in [4.69, 9.17) is 4.74 Å². The molecule has 0 amide bonds. The zero-order valence-electron chi connectivity index (χ0n) is 34.9. The van der Waals surface area contributed by atoms with E-state index in [2.05, 4.69) is 13.8 Å². The third kappa shape index (κ3) is 21.6. The summed E-state index contributed by atoms with van der Waals surface area (Å²) in [4.78, 5) is 28.2. The van der Waals surface area contributed by atoms with Gasteiger partial charge in [0.2, 0.25) is 0 Å². The molecule has 3 heteroatoms. The fraction of sp³-hybridized carbons (Fsp3) is 0.958. The standard InChI is InChI=1S/C48H90O3/c1-3-5-7-9-11-13-15-17-19-21-23-25-27-33-39-47(41-35-29-30-36-42-47)45(49)51-46(50)48(43-37-31-32-38-44-48)40-34-28-26-24-22-20-18-16-14-12-10-8-6-4-2/h3-44H2,1-2H3. The fourth-order valence-corrected chi connectivity index (χ4v) is 9.54. The van der Waals surface area contributed by atoms with E-state index in [1.54, 1.807) is 0 Å². The van der Waals surface area contributed by atoms with Crippen LogP contribution in [0.3, 0.4) is 0 Å². The molecule has 0 aromatic carbocycles. The summed E-state index contributed by atoms with van der Waals surface area (Å²) >= 11 is 0. The molecule has 2 aliphatic carbocycles. The maximum absolute atomic E-state index is 14.1. The molecule has 0 aromatic rings. The molecule has 3 nitrogen and oxygen atoms in total. The summed E-state index contributed by atoms with van der Waals surface area (Å²) in [6.07, 6.45) is 52.6. The molecule has 2 fully saturated rings. The van der Waals surface area contributed by atoms with Gasteiger partial charge in [0, 0.05) is 0 Å². The van der Waals surface area contributed by atoms with Crippen molar-refractivity contribution in [3.05, 3.63) is 0 Å². The van der Waals surface area contributed by atoms with E-state index in [1.807, 2.05) is 0 Å². The van der Waals surface area contributed by atoms with E-state index in [-0.39, 0.29) is 11.9 Å². The van der Waals surface area contributed by atoms with Gasteiger partial charge in [0.1, 0.15) is 0 Å². The molecule has 2 saturated carbocycles. The quantitative estimate of drug-likeness (QED) is 0.0301. The number of unbranched alkanes of at least 4 members (excludes halogenated alkanes) is 26. The lowest BCUT2D eigenvalue weighted by molar-refractivity contribution is -0.176. The molecule has 0 unspecified atom stereocenters. The Kier molecular flexibility index (Phi) is 28.6. The Hall–Kier alpha value is -0.860. The number of ether oxygens (including phenoxy) is 1. The Morgan fingerprint density at radius 2 is 0.549 bits per heavy atom. The van der Waals surface area contributed by atoms with Gasteiger partial charge in [0.25, 0.3) is 0 Å². The van der Waals surface area contributed by atoms with Gasteiger partial charge in [-0.25, -0.2) is 0 Å². The van der Waals surface area contributed by atoms with Crippen LogP contribution in [0.2, 0.25) is 0 Å². The van der Waals surface area contributed by atoms with Gasteiger partial charge in [0.15, 0.2) is 0 Å². The van der Waals surface area contributed by atoms with Crippen LogP contribution in [0.15, 0.2) is 0 Å². The first-order valence-corrected chi connectivity index (χ1v) is 23.9. The third-order valence-corrected chi connectivity index (χ3v) is 13.2. The normalized spacial score (nSPS) is 17.5. The number of carbonyl (C=O) groups excluding carboxylic acids is 2. The summed E-state index contributed by atoms with van der Waals surface area (Å²) in [6.45, 7) is 4.59. The summed E-state index contributed by atoms with van der Waals surface area (Å²) in [5.74, 6) is -0.289. The largest absolute Gasteiger partial charge is 0.392 e. The number of esters is 2. The minimum absolute atomic E-state index is 0.145. The van der Waals surface area contributed by atoms with Gasteiger partial charge in [-0.2, -0.15) is 0 Å². The second-order valence-corrected chi connectivity index (χ2v) is 17.8. The highest BCUT2D eigenvalue weighted by Crippen LogP contribution is 2.44. The molecule has 300 valence electrons. The lowest BCUT2D eigenvalue weighted by Crippen LogP contribution is -2.40. The summed E-state index contributed by atoms with van der Waals surface area (Å²) in [5, 5.41) is 0. The minimum Gasteiger partial charge on any atom is -0.392 e. The molecule has 0 N–H and O–H groups in total. The first-order valence-electron chi connectivity index (χ1n) is 23.9. The van der Waals surface area contributed by atoms with E-state index in [0.29, 0.717) is 0 Å². The van der Waals surface area contributed by atoms with Crippen molar-refractivity contribution in [2.24, 2.45) is 10.8 Å². The highest BCUT2D eigenvalue weighted by Gasteiger charge is 2.45. The third-order valence-electron chi connectivity index (χ3n) is 13.2. The van der Waals surface area contributed by atoms with Gasteiger partial charge in [-0.1, -0.05) is 245 Å². The van der Waals surface area contributed by atoms with E-state index >= 15 is 0 Å². The van der Waals surface area contributed by atoms with E-state index < -0.39 is 10.8 Å². The lowest BCUT2D eigenvalue weighted by atomic mass is 9.74. The highest BCUT2D eigenvalue weighted by atomic mass is 16.6. The number of hydrogen-bond donors (Lipinski definition) is 0. The summed E-state index contributed by atoms with van der Waals surface area (Å²) in [6, 6.07) is 0. The lowest BCUT2D eigenvalue weighted by Gasteiger charge is -2.34. The molecule has 0 radical (unpaired) electrons. The van der Waals surface area contributed by atoms with Crippen LogP contribution in [-0.4, -0.2) is 11.9 Å². The van der Waals surface area contributed by atoms with Crippen LogP contribution in [0.5, 0.6) is 0 Å². The van der Waals surface area contributed by atoms with Gasteiger partial charge in [-0.15, -0.1) is 0 Å². The van der Waals surface area contributed by atoms with Crippen molar-refractivity contribution in [3.63, 3.8) is 0 Å². The maximum Gasteiger partial charge on any atom is 0.319 e. The van der Waals surface area contributed by atoms with Crippen LogP contribution < -0.4 is 0 Å². The Morgan fingerprint density at radius 3 is 0.784 bits per heavy atom. The Bertz CT molecular complexity index is 735. The smallest absolute Gasteiger partial charge is 0.319 e. The molecule has 0 atom stereocenters.